The van der Waals surface area contributed by atoms with Crippen molar-refractivity contribution >= 4 is 52.3 Å². The molecule has 1 heterocycles. The highest BCUT2D eigenvalue weighted by atomic mass is 32.2. The van der Waals surface area contributed by atoms with E-state index in [1.165, 1.54) is 11.8 Å². The van der Waals surface area contributed by atoms with Crippen molar-refractivity contribution in [3.63, 3.8) is 0 Å². The lowest BCUT2D eigenvalue weighted by Gasteiger charge is -2.24. The third-order valence-electron chi connectivity index (χ3n) is 6.08. The number of nitrogens with two attached hydrogens (primary N) is 3. The molecule has 0 saturated carbocycles. The zero-order chi connectivity index (χ0) is 29.7. The van der Waals surface area contributed by atoms with Gasteiger partial charge in [-0.25, -0.2) is 4.79 Å². The molecule has 40 heavy (non-hydrogen) atoms. The average molecular weight is 579 g/mol. The molecule has 0 fully saturated rings. The fourth-order valence-electron chi connectivity index (χ4n) is 3.88. The smallest absolute Gasteiger partial charge is 0.326 e. The number of nitrogens with zero attached hydrogens (tertiary/aromatic N) is 1. The highest BCUT2D eigenvalue weighted by Crippen LogP contribution is 2.19. The minimum absolute atomic E-state index is 0.0110. The fraction of sp³-hybridized carbons (Fsp3) is 0.480. The molecule has 0 saturated heterocycles. The van der Waals surface area contributed by atoms with E-state index in [0.717, 1.165) is 16.5 Å². The lowest BCUT2D eigenvalue weighted by atomic mass is 10.0. The van der Waals surface area contributed by atoms with Crippen molar-refractivity contribution in [1.29, 1.82) is 0 Å². The number of hydrogen-bond donors (Lipinski definition) is 9. The maximum Gasteiger partial charge on any atom is 0.326 e. The summed E-state index contributed by atoms with van der Waals surface area (Å²) < 4.78 is 0. The standard InChI is InChI=1S/C25H38N8O6S/c1-40-10-8-16(26)21(35)32-19(11-14-12-30-17-6-3-2-5-15(14)17)22(36)33-20(13-34)23(37)31-18(24(38)39)7-4-9-29-25(27)28/h2-3,5-6,12,16,18-20,30,34H,4,7-11,13,26H2,1H3,(H,31,37)(H,32,35)(H,33,36)(H,38,39)(H4,27,28,29). The zero-order valence-corrected chi connectivity index (χ0v) is 23.1. The molecule has 14 nitrogen and oxygen atoms in total. The van der Waals surface area contributed by atoms with Gasteiger partial charge in [0.2, 0.25) is 17.7 Å². The van der Waals surface area contributed by atoms with E-state index in [0.29, 0.717) is 12.2 Å². The zero-order valence-electron chi connectivity index (χ0n) is 22.3. The number of hydrogen-bond acceptors (Lipinski definition) is 8. The number of carbonyl (C=O) groups is 4. The Bertz CT molecular complexity index is 1190. The maximum absolute atomic E-state index is 13.3. The Hall–Kier alpha value is -3.82. The molecular weight excluding hydrogens is 540 g/mol. The van der Waals surface area contributed by atoms with Crippen LogP contribution in [0, 0.1) is 0 Å². The van der Waals surface area contributed by atoms with Crippen molar-refractivity contribution in [3.8, 4) is 0 Å². The average Bonchev–Trinajstić information content (AvgIpc) is 3.33. The predicted octanol–water partition coefficient (Wildman–Crippen LogP) is -1.62. The molecule has 0 bridgehead atoms. The molecule has 0 aliphatic heterocycles. The number of H-pyrrole nitrogens is 1. The van der Waals surface area contributed by atoms with Crippen LogP contribution in [0.2, 0.25) is 0 Å². The third kappa shape index (κ3) is 10.1. The van der Waals surface area contributed by atoms with E-state index in [1.54, 1.807) is 6.20 Å². The van der Waals surface area contributed by atoms with Gasteiger partial charge in [0.15, 0.2) is 5.96 Å². The largest absolute Gasteiger partial charge is 0.480 e. The summed E-state index contributed by atoms with van der Waals surface area (Å²) in [6.07, 6.45) is 4.35. The van der Waals surface area contributed by atoms with Crippen molar-refractivity contribution < 1.29 is 29.4 Å². The molecule has 0 radical (unpaired) electrons. The van der Waals surface area contributed by atoms with Crippen molar-refractivity contribution in [3.05, 3.63) is 36.0 Å². The molecule has 220 valence electrons. The Morgan fingerprint density at radius 1 is 1.00 bits per heavy atom. The van der Waals surface area contributed by atoms with Crippen LogP contribution in [0.3, 0.4) is 0 Å². The Kier molecular flexibility index (Phi) is 13.2. The Morgan fingerprint density at radius 3 is 2.30 bits per heavy atom. The molecule has 0 aliphatic rings. The van der Waals surface area contributed by atoms with E-state index in [2.05, 4.69) is 25.9 Å². The Labute approximate surface area is 235 Å². The number of carboxylic acids is 1. The number of para-hydroxylation sites is 1. The van der Waals surface area contributed by atoms with Crippen LogP contribution in [-0.4, -0.2) is 94.2 Å². The molecular formula is C25H38N8O6S. The van der Waals surface area contributed by atoms with Crippen LogP contribution in [0.25, 0.3) is 10.9 Å². The third-order valence-corrected chi connectivity index (χ3v) is 6.72. The quantitative estimate of drug-likeness (QED) is 0.0589. The van der Waals surface area contributed by atoms with Crippen LogP contribution in [0.4, 0.5) is 0 Å². The van der Waals surface area contributed by atoms with Crippen molar-refractivity contribution in [2.45, 2.75) is 49.9 Å². The van der Waals surface area contributed by atoms with Gasteiger partial charge in [-0.05, 0) is 42.9 Å². The van der Waals surface area contributed by atoms with Gasteiger partial charge in [-0.15, -0.1) is 0 Å². The van der Waals surface area contributed by atoms with Crippen molar-refractivity contribution in [2.75, 3.05) is 25.2 Å². The molecule has 3 amide bonds. The number of benzene rings is 1. The van der Waals surface area contributed by atoms with E-state index in [9.17, 15) is 29.4 Å². The van der Waals surface area contributed by atoms with Gasteiger partial charge in [-0.1, -0.05) is 18.2 Å². The lowest BCUT2D eigenvalue weighted by molar-refractivity contribution is -0.142. The highest BCUT2D eigenvalue weighted by molar-refractivity contribution is 7.98. The van der Waals surface area contributed by atoms with Crippen LogP contribution >= 0.6 is 11.8 Å². The monoisotopic (exact) mass is 578 g/mol. The fourth-order valence-corrected chi connectivity index (χ4v) is 4.37. The summed E-state index contributed by atoms with van der Waals surface area (Å²) in [5, 5.41) is 27.6. The summed E-state index contributed by atoms with van der Waals surface area (Å²) in [5.41, 5.74) is 18.1. The van der Waals surface area contributed by atoms with E-state index in [4.69, 9.17) is 17.2 Å². The molecule has 15 heteroatoms. The van der Waals surface area contributed by atoms with E-state index in [1.807, 2.05) is 30.5 Å². The number of carboxylic acid groups (broad SMARTS) is 1. The van der Waals surface area contributed by atoms with Crippen LogP contribution in [0.1, 0.15) is 24.8 Å². The molecule has 0 aliphatic carbocycles. The second-order valence-corrected chi connectivity index (χ2v) is 10.1. The van der Waals surface area contributed by atoms with Crippen LogP contribution < -0.4 is 33.2 Å². The first-order valence-corrected chi connectivity index (χ1v) is 14.1. The summed E-state index contributed by atoms with van der Waals surface area (Å²) in [6.45, 7) is -0.644. The van der Waals surface area contributed by atoms with Gasteiger partial charge in [0.1, 0.15) is 18.1 Å². The minimum atomic E-state index is -1.47. The topological polar surface area (TPSA) is 251 Å². The van der Waals surface area contributed by atoms with Gasteiger partial charge in [-0.3, -0.25) is 19.4 Å². The predicted molar refractivity (Wildman–Crippen MR) is 153 cm³/mol. The highest BCUT2D eigenvalue weighted by Gasteiger charge is 2.30. The molecule has 4 atom stereocenters. The molecule has 2 rings (SSSR count). The van der Waals surface area contributed by atoms with Crippen molar-refractivity contribution in [2.24, 2.45) is 22.2 Å². The number of aliphatic imine (C=N–C) groups is 1. The van der Waals surface area contributed by atoms with Crippen LogP contribution in [0.5, 0.6) is 0 Å². The van der Waals surface area contributed by atoms with Gasteiger partial charge in [-0.2, -0.15) is 11.8 Å². The summed E-state index contributed by atoms with van der Waals surface area (Å²) >= 11 is 1.53. The first-order valence-electron chi connectivity index (χ1n) is 12.7. The summed E-state index contributed by atoms with van der Waals surface area (Å²) in [5.74, 6) is -2.98. The van der Waals surface area contributed by atoms with E-state index in [-0.39, 0.29) is 31.8 Å². The van der Waals surface area contributed by atoms with Crippen molar-refractivity contribution in [1.82, 2.24) is 20.9 Å². The normalized spacial score (nSPS) is 14.0. The first kappa shape index (κ1) is 32.4. The number of carbonyl (C=O) groups excluding carboxylic acids is 3. The number of aliphatic carboxylic acids is 1. The first-order chi connectivity index (χ1) is 19.1. The molecule has 2 aromatic rings. The van der Waals surface area contributed by atoms with E-state index >= 15 is 0 Å². The van der Waals surface area contributed by atoms with E-state index < -0.39 is 54.5 Å². The number of aromatic nitrogens is 1. The molecule has 1 aromatic carbocycles. The Morgan fingerprint density at radius 2 is 1.65 bits per heavy atom. The number of fused-ring (bicyclic) bond motifs is 1. The number of thioether (sulfide) groups is 1. The van der Waals surface area contributed by atoms with Crippen LogP contribution in [-0.2, 0) is 25.6 Å². The molecule has 1 aromatic heterocycles. The number of guanidine groups is 1. The van der Waals surface area contributed by atoms with Gasteiger partial charge >= 0.3 is 5.97 Å². The summed E-state index contributed by atoms with van der Waals surface area (Å²) in [7, 11) is 0. The molecule has 0 spiro atoms. The number of nitrogens with one attached hydrogen (secondary N) is 4. The number of amides is 3. The lowest BCUT2D eigenvalue weighted by Crippen LogP contribution is -2.58. The second-order valence-electron chi connectivity index (χ2n) is 9.10. The summed E-state index contributed by atoms with van der Waals surface area (Å²) in [4.78, 5) is 57.4. The maximum atomic E-state index is 13.3. The summed E-state index contributed by atoms with van der Waals surface area (Å²) in [6, 6.07) is 2.67. The number of rotatable bonds is 17. The minimum Gasteiger partial charge on any atom is -0.480 e. The molecule has 12 N–H and O–H groups in total. The second kappa shape index (κ2) is 16.3. The SMILES string of the molecule is CSCCC(N)C(=O)NC(Cc1c[nH]c2ccccc12)C(=O)NC(CO)C(=O)NC(CCCN=C(N)N)C(=O)O. The van der Waals surface area contributed by atoms with Crippen LogP contribution in [0.15, 0.2) is 35.5 Å². The van der Waals surface area contributed by atoms with Gasteiger partial charge in [0, 0.05) is 30.1 Å². The number of aliphatic hydroxyl groups is 1. The number of aliphatic hydroxyl groups excluding tert-OH is 1. The Balaban J connectivity index is 2.16. The number of aromatic amines is 1. The molecule has 4 unspecified atom stereocenters. The van der Waals surface area contributed by atoms with Gasteiger partial charge in [0.25, 0.3) is 0 Å². The van der Waals surface area contributed by atoms with Gasteiger partial charge < -0.3 is 48.3 Å². The van der Waals surface area contributed by atoms with Gasteiger partial charge in [0.05, 0.1) is 12.6 Å².